The van der Waals surface area contributed by atoms with Gasteiger partial charge in [-0.05, 0) is 18.2 Å². The number of halogens is 1. The highest BCUT2D eigenvalue weighted by Gasteiger charge is 2.34. The maximum atomic E-state index is 6.03. The van der Waals surface area contributed by atoms with Gasteiger partial charge in [-0.15, -0.1) is 11.8 Å². The monoisotopic (exact) mass is 300 g/mol. The molecule has 0 saturated carbocycles. The molecule has 1 atom stereocenters. The third-order valence-electron chi connectivity index (χ3n) is 2.92. The second-order valence-corrected chi connectivity index (χ2v) is 6.23. The molecule has 0 aromatic heterocycles. The van der Waals surface area contributed by atoms with Crippen LogP contribution in [0.2, 0.25) is 5.02 Å². The van der Waals surface area contributed by atoms with Gasteiger partial charge in [0, 0.05) is 22.0 Å². The van der Waals surface area contributed by atoms with Crippen LogP contribution in [0.3, 0.4) is 0 Å². The Kier molecular flexibility index (Phi) is 3.02. The highest BCUT2D eigenvalue weighted by atomic mass is 35.5. The first-order valence-electron chi connectivity index (χ1n) is 5.16. The molecule has 1 fully saturated rings. The zero-order valence-corrected chi connectivity index (χ0v) is 12.0. The number of rotatable bonds is 0. The summed E-state index contributed by atoms with van der Waals surface area (Å²) in [6.45, 7) is 0. The van der Waals surface area contributed by atoms with Crippen LogP contribution in [0.15, 0.2) is 18.2 Å². The van der Waals surface area contributed by atoms with Crippen LogP contribution in [-0.2, 0) is 0 Å². The number of nitrogens with zero attached hydrogens (tertiary/aromatic N) is 1. The number of fused-ring (bicyclic) bond motifs is 2. The van der Waals surface area contributed by atoms with E-state index in [2.05, 4.69) is 10.2 Å². The summed E-state index contributed by atoms with van der Waals surface area (Å²) in [5.74, 6) is 1.89. The van der Waals surface area contributed by atoms with Crippen LogP contribution in [0.5, 0.6) is 0 Å². The minimum Gasteiger partial charge on any atom is -0.348 e. The van der Waals surface area contributed by atoms with Crippen LogP contribution >= 0.6 is 47.8 Å². The van der Waals surface area contributed by atoms with Gasteiger partial charge in [0.15, 0.2) is 0 Å². The highest BCUT2D eigenvalue weighted by molar-refractivity contribution is 7.99. The lowest BCUT2D eigenvalue weighted by Crippen LogP contribution is -2.40. The van der Waals surface area contributed by atoms with Crippen LogP contribution < -0.4 is 5.32 Å². The largest absolute Gasteiger partial charge is 0.348 e. The molecule has 0 amide bonds. The van der Waals surface area contributed by atoms with Crippen molar-refractivity contribution < 1.29 is 0 Å². The SMILES string of the molecule is S=C1Nc2ccc(Cl)cc2C(=S)N2CSC[C@@H]12. The minimum absolute atomic E-state index is 0.216. The minimum atomic E-state index is 0.216. The number of hydrogen-bond donors (Lipinski definition) is 1. The fourth-order valence-electron chi connectivity index (χ4n) is 2.03. The fraction of sp³-hybridized carbons (Fsp3) is 0.273. The zero-order valence-electron chi connectivity index (χ0n) is 8.77. The molecule has 0 unspecified atom stereocenters. The molecule has 2 aliphatic heterocycles. The number of hydrogen-bond acceptors (Lipinski definition) is 3. The summed E-state index contributed by atoms with van der Waals surface area (Å²) in [5.41, 5.74) is 1.93. The van der Waals surface area contributed by atoms with Crippen molar-refractivity contribution in [3.63, 3.8) is 0 Å². The molecule has 3 rings (SSSR count). The number of thiocarbonyl (C=S) groups is 2. The second-order valence-electron chi connectivity index (χ2n) is 3.97. The van der Waals surface area contributed by atoms with E-state index in [0.29, 0.717) is 5.02 Å². The summed E-state index contributed by atoms with van der Waals surface area (Å²) >= 11 is 18.9. The van der Waals surface area contributed by atoms with Crippen LogP contribution in [0.1, 0.15) is 5.56 Å². The van der Waals surface area contributed by atoms with E-state index >= 15 is 0 Å². The van der Waals surface area contributed by atoms with Crippen molar-refractivity contribution in [2.24, 2.45) is 0 Å². The summed E-state index contributed by atoms with van der Waals surface area (Å²) in [4.78, 5) is 3.86. The molecule has 1 N–H and O–H groups in total. The van der Waals surface area contributed by atoms with Crippen molar-refractivity contribution in [2.75, 3.05) is 16.9 Å². The van der Waals surface area contributed by atoms with E-state index in [1.165, 1.54) is 0 Å². The highest BCUT2D eigenvalue weighted by Crippen LogP contribution is 2.32. The van der Waals surface area contributed by atoms with Gasteiger partial charge < -0.3 is 10.2 Å². The first-order valence-corrected chi connectivity index (χ1v) is 7.51. The van der Waals surface area contributed by atoms with Crippen LogP contribution in [-0.4, -0.2) is 32.5 Å². The van der Waals surface area contributed by atoms with Crippen LogP contribution in [0, 0.1) is 0 Å². The van der Waals surface area contributed by atoms with Crippen molar-refractivity contribution in [3.05, 3.63) is 28.8 Å². The van der Waals surface area contributed by atoms with Gasteiger partial charge in [0.05, 0.1) is 11.9 Å². The molecule has 88 valence electrons. The summed E-state index contributed by atoms with van der Waals surface area (Å²) < 4.78 is 0. The van der Waals surface area contributed by atoms with Gasteiger partial charge in [0.2, 0.25) is 0 Å². The number of benzene rings is 1. The normalized spacial score (nSPS) is 22.9. The number of nitrogens with one attached hydrogen (secondary N) is 1. The average Bonchev–Trinajstić information content (AvgIpc) is 2.76. The molecule has 0 spiro atoms. The maximum Gasteiger partial charge on any atom is 0.112 e. The lowest BCUT2D eigenvalue weighted by Gasteiger charge is -2.23. The fourth-order valence-corrected chi connectivity index (χ4v) is 4.25. The van der Waals surface area contributed by atoms with Crippen LogP contribution in [0.4, 0.5) is 5.69 Å². The van der Waals surface area contributed by atoms with E-state index < -0.39 is 0 Å². The first kappa shape index (κ1) is 11.7. The van der Waals surface area contributed by atoms with E-state index in [9.17, 15) is 0 Å². The Morgan fingerprint density at radius 1 is 1.41 bits per heavy atom. The molecule has 2 heterocycles. The summed E-state index contributed by atoms with van der Waals surface area (Å²) in [6.07, 6.45) is 0. The van der Waals surface area contributed by atoms with E-state index in [1.807, 2.05) is 30.0 Å². The summed E-state index contributed by atoms with van der Waals surface area (Å²) in [7, 11) is 0. The molecule has 2 aliphatic rings. The van der Waals surface area contributed by atoms with Crippen molar-refractivity contribution in [2.45, 2.75) is 6.04 Å². The Balaban J connectivity index is 2.12. The third kappa shape index (κ3) is 1.95. The molecular formula is C11H9ClN2S3. The molecule has 0 radical (unpaired) electrons. The van der Waals surface area contributed by atoms with Crippen molar-refractivity contribution in [1.82, 2.24) is 4.90 Å². The lowest BCUT2D eigenvalue weighted by atomic mass is 10.1. The molecule has 1 aromatic rings. The number of thioether (sulfide) groups is 1. The summed E-state index contributed by atoms with van der Waals surface area (Å²) in [6, 6.07) is 5.91. The third-order valence-corrected chi connectivity index (χ3v) is 4.99. The standard InChI is InChI=1S/C11H9ClN2S3/c12-6-1-2-8-7(3-6)11(16)14-5-17-4-9(14)10(15)13-8/h1-3,9H,4-5H2,(H,13,15)/t9-/m0/s1. The average molecular weight is 301 g/mol. The Bertz CT molecular complexity index is 517. The molecule has 2 nitrogen and oxygen atoms in total. The quantitative estimate of drug-likeness (QED) is 0.738. The Labute approximate surface area is 120 Å². The lowest BCUT2D eigenvalue weighted by molar-refractivity contribution is 0.499. The molecule has 6 heteroatoms. The topological polar surface area (TPSA) is 15.3 Å². The van der Waals surface area contributed by atoms with E-state index in [4.69, 9.17) is 36.0 Å². The molecular weight excluding hydrogens is 292 g/mol. The van der Waals surface area contributed by atoms with Gasteiger partial charge in [-0.25, -0.2) is 0 Å². The Morgan fingerprint density at radius 3 is 3.06 bits per heavy atom. The molecule has 0 bridgehead atoms. The molecule has 17 heavy (non-hydrogen) atoms. The van der Waals surface area contributed by atoms with Gasteiger partial charge in [-0.2, -0.15) is 0 Å². The molecule has 1 aromatic carbocycles. The van der Waals surface area contributed by atoms with Gasteiger partial charge in [0.25, 0.3) is 0 Å². The van der Waals surface area contributed by atoms with Gasteiger partial charge in [0.1, 0.15) is 9.98 Å². The Morgan fingerprint density at radius 2 is 2.24 bits per heavy atom. The number of anilines is 1. The predicted molar refractivity (Wildman–Crippen MR) is 82.3 cm³/mol. The van der Waals surface area contributed by atoms with Crippen molar-refractivity contribution in [3.8, 4) is 0 Å². The first-order chi connectivity index (χ1) is 8.16. The van der Waals surface area contributed by atoms with Gasteiger partial charge >= 0.3 is 0 Å². The summed E-state index contributed by atoms with van der Waals surface area (Å²) in [5, 5.41) is 3.98. The van der Waals surface area contributed by atoms with E-state index in [0.717, 1.165) is 32.9 Å². The van der Waals surface area contributed by atoms with Crippen molar-refractivity contribution in [1.29, 1.82) is 0 Å². The predicted octanol–water partition coefficient (Wildman–Crippen LogP) is 3.14. The van der Waals surface area contributed by atoms with Crippen molar-refractivity contribution >= 4 is 63.5 Å². The van der Waals surface area contributed by atoms with Gasteiger partial charge in [-0.3, -0.25) is 0 Å². The van der Waals surface area contributed by atoms with E-state index in [1.54, 1.807) is 0 Å². The maximum absolute atomic E-state index is 6.03. The molecule has 1 saturated heterocycles. The smallest absolute Gasteiger partial charge is 0.112 e. The molecule has 0 aliphatic carbocycles. The van der Waals surface area contributed by atoms with Gasteiger partial charge in [-0.1, -0.05) is 36.0 Å². The zero-order chi connectivity index (χ0) is 12.0. The Hall–Kier alpha value is -0.360. The van der Waals surface area contributed by atoms with Crippen LogP contribution in [0.25, 0.3) is 0 Å². The second kappa shape index (κ2) is 4.39. The van der Waals surface area contributed by atoms with E-state index in [-0.39, 0.29) is 6.04 Å².